The first kappa shape index (κ1) is 23.1. The van der Waals surface area contributed by atoms with Gasteiger partial charge in [0.2, 0.25) is 5.91 Å². The molecule has 1 saturated carbocycles. The SMILES string of the molecule is COc1ccc(-c2cc3n(n2)CC(C)(C(=O)NC2CCCCC2)N(Cc2cccnc2)C3=O)cc1. The maximum absolute atomic E-state index is 13.8. The number of benzene rings is 1. The van der Waals surface area contributed by atoms with Gasteiger partial charge in [-0.1, -0.05) is 25.3 Å². The summed E-state index contributed by atoms with van der Waals surface area (Å²) in [6.45, 7) is 2.42. The number of methoxy groups -OCH3 is 1. The van der Waals surface area contributed by atoms with Crippen molar-refractivity contribution in [2.75, 3.05) is 7.11 Å². The molecule has 0 bridgehead atoms. The monoisotopic (exact) mass is 473 g/mol. The number of pyridine rings is 1. The molecular formula is C27H31N5O3. The van der Waals surface area contributed by atoms with Crippen LogP contribution < -0.4 is 10.1 Å². The fourth-order valence-electron chi connectivity index (χ4n) is 5.05. The van der Waals surface area contributed by atoms with Crippen molar-refractivity contribution in [2.45, 2.75) is 63.7 Å². The van der Waals surface area contributed by atoms with Crippen molar-refractivity contribution in [1.82, 2.24) is 25.0 Å². The van der Waals surface area contributed by atoms with E-state index >= 15 is 0 Å². The molecule has 1 atom stereocenters. The van der Waals surface area contributed by atoms with Crippen LogP contribution in [0.3, 0.4) is 0 Å². The highest BCUT2D eigenvalue weighted by Crippen LogP contribution is 2.32. The van der Waals surface area contributed by atoms with Crippen molar-refractivity contribution < 1.29 is 14.3 Å². The zero-order valence-electron chi connectivity index (χ0n) is 20.2. The Hall–Kier alpha value is -3.68. The molecule has 3 heterocycles. The smallest absolute Gasteiger partial charge is 0.273 e. The van der Waals surface area contributed by atoms with Crippen LogP contribution in [0.4, 0.5) is 0 Å². The first-order valence-electron chi connectivity index (χ1n) is 12.2. The van der Waals surface area contributed by atoms with Crippen LogP contribution in [-0.2, 0) is 17.9 Å². The lowest BCUT2D eigenvalue weighted by molar-refractivity contribution is -0.134. The zero-order chi connectivity index (χ0) is 24.4. The highest BCUT2D eigenvalue weighted by Gasteiger charge is 2.48. The average Bonchev–Trinajstić information content (AvgIpc) is 3.31. The van der Waals surface area contributed by atoms with Gasteiger partial charge in [-0.05, 0) is 61.7 Å². The number of amides is 2. The van der Waals surface area contributed by atoms with E-state index in [9.17, 15) is 9.59 Å². The van der Waals surface area contributed by atoms with E-state index < -0.39 is 5.54 Å². The van der Waals surface area contributed by atoms with Crippen LogP contribution >= 0.6 is 0 Å². The summed E-state index contributed by atoms with van der Waals surface area (Å²) in [5, 5.41) is 7.97. The second-order valence-electron chi connectivity index (χ2n) is 9.64. The van der Waals surface area contributed by atoms with E-state index in [-0.39, 0.29) is 24.4 Å². The summed E-state index contributed by atoms with van der Waals surface area (Å²) in [5.74, 6) is 0.408. The number of nitrogens with zero attached hydrogens (tertiary/aromatic N) is 4. The Morgan fingerprint density at radius 2 is 1.94 bits per heavy atom. The first-order valence-corrected chi connectivity index (χ1v) is 12.2. The molecule has 3 aromatic rings. The molecule has 0 saturated heterocycles. The fraction of sp³-hybridized carbons (Fsp3) is 0.407. The summed E-state index contributed by atoms with van der Waals surface area (Å²) in [6, 6.07) is 13.3. The Morgan fingerprint density at radius 3 is 2.63 bits per heavy atom. The van der Waals surface area contributed by atoms with E-state index in [1.54, 1.807) is 35.2 Å². The number of rotatable bonds is 6. The summed E-state index contributed by atoms with van der Waals surface area (Å²) < 4.78 is 6.94. The third-order valence-electron chi connectivity index (χ3n) is 7.18. The Kier molecular flexibility index (Phi) is 6.28. The Labute approximate surface area is 205 Å². The van der Waals surface area contributed by atoms with Gasteiger partial charge in [0.25, 0.3) is 5.91 Å². The molecule has 1 aliphatic carbocycles. The second kappa shape index (κ2) is 9.52. The van der Waals surface area contributed by atoms with Gasteiger partial charge in [0.15, 0.2) is 0 Å². The molecule has 1 N–H and O–H groups in total. The molecule has 2 aromatic heterocycles. The molecule has 8 nitrogen and oxygen atoms in total. The maximum atomic E-state index is 13.8. The number of fused-ring (bicyclic) bond motifs is 1. The number of carbonyl (C=O) groups excluding carboxylic acids is 2. The van der Waals surface area contributed by atoms with E-state index in [2.05, 4.69) is 10.3 Å². The van der Waals surface area contributed by atoms with Gasteiger partial charge in [0.1, 0.15) is 17.0 Å². The lowest BCUT2D eigenvalue weighted by Gasteiger charge is -2.44. The summed E-state index contributed by atoms with van der Waals surface area (Å²) in [6.07, 6.45) is 8.84. The number of carbonyl (C=O) groups is 2. The number of hydrogen-bond donors (Lipinski definition) is 1. The zero-order valence-corrected chi connectivity index (χ0v) is 20.2. The van der Waals surface area contributed by atoms with Crippen molar-refractivity contribution in [2.24, 2.45) is 0 Å². The van der Waals surface area contributed by atoms with Gasteiger partial charge in [-0.2, -0.15) is 5.10 Å². The second-order valence-corrected chi connectivity index (χ2v) is 9.64. The molecule has 1 aromatic carbocycles. The first-order chi connectivity index (χ1) is 17.0. The van der Waals surface area contributed by atoms with E-state index in [0.29, 0.717) is 17.9 Å². The number of hydrogen-bond acceptors (Lipinski definition) is 5. The Balaban J connectivity index is 1.49. The van der Waals surface area contributed by atoms with Crippen LogP contribution in [0.5, 0.6) is 5.75 Å². The van der Waals surface area contributed by atoms with Gasteiger partial charge in [0.05, 0.1) is 19.3 Å². The minimum atomic E-state index is -1.08. The van der Waals surface area contributed by atoms with Crippen molar-refractivity contribution >= 4 is 11.8 Å². The molecule has 5 rings (SSSR count). The number of ether oxygens (including phenoxy) is 1. The molecule has 1 aliphatic heterocycles. The van der Waals surface area contributed by atoms with Crippen LogP contribution in [-0.4, -0.2) is 50.2 Å². The van der Waals surface area contributed by atoms with Gasteiger partial charge in [0, 0.05) is 30.5 Å². The third kappa shape index (κ3) is 4.52. The molecule has 182 valence electrons. The van der Waals surface area contributed by atoms with E-state index in [0.717, 1.165) is 42.6 Å². The lowest BCUT2D eigenvalue weighted by atomic mass is 9.91. The van der Waals surface area contributed by atoms with Gasteiger partial charge >= 0.3 is 0 Å². The topological polar surface area (TPSA) is 89.3 Å². The van der Waals surface area contributed by atoms with Crippen LogP contribution in [0.15, 0.2) is 54.9 Å². The van der Waals surface area contributed by atoms with Gasteiger partial charge in [-0.15, -0.1) is 0 Å². The Bertz CT molecular complexity index is 1200. The highest BCUT2D eigenvalue weighted by molar-refractivity contribution is 6.00. The van der Waals surface area contributed by atoms with Crippen molar-refractivity contribution in [3.05, 3.63) is 66.1 Å². The van der Waals surface area contributed by atoms with Gasteiger partial charge < -0.3 is 15.0 Å². The number of aromatic nitrogens is 3. The van der Waals surface area contributed by atoms with E-state index in [1.165, 1.54) is 6.42 Å². The van der Waals surface area contributed by atoms with Crippen molar-refractivity contribution in [3.8, 4) is 17.0 Å². The molecule has 35 heavy (non-hydrogen) atoms. The van der Waals surface area contributed by atoms with Gasteiger partial charge in [-0.25, -0.2) is 0 Å². The van der Waals surface area contributed by atoms with Crippen molar-refractivity contribution in [3.63, 3.8) is 0 Å². The molecule has 2 aliphatic rings. The molecule has 1 unspecified atom stereocenters. The molecule has 0 spiro atoms. The van der Waals surface area contributed by atoms with Crippen LogP contribution in [0.25, 0.3) is 11.3 Å². The minimum Gasteiger partial charge on any atom is -0.497 e. The van der Waals surface area contributed by atoms with Crippen molar-refractivity contribution in [1.29, 1.82) is 0 Å². The predicted molar refractivity (Wildman–Crippen MR) is 132 cm³/mol. The standard InChI is InChI=1S/C27H31N5O3/c1-27(26(34)29-21-8-4-3-5-9-21)18-32-24(25(33)31(27)17-19-7-6-14-28-16-19)15-23(30-32)20-10-12-22(35-2)13-11-20/h6-7,10-16,21H,3-5,8-9,17-18H2,1-2H3,(H,29,34). The van der Waals surface area contributed by atoms with Crippen LogP contribution in [0.1, 0.15) is 55.1 Å². The summed E-state index contributed by atoms with van der Waals surface area (Å²) >= 11 is 0. The average molecular weight is 474 g/mol. The quantitative estimate of drug-likeness (QED) is 0.588. The molecule has 1 fully saturated rings. The van der Waals surface area contributed by atoms with E-state index in [1.807, 2.05) is 43.3 Å². The number of nitrogens with one attached hydrogen (secondary N) is 1. The van der Waals surface area contributed by atoms with Gasteiger partial charge in [-0.3, -0.25) is 19.3 Å². The van der Waals surface area contributed by atoms with E-state index in [4.69, 9.17) is 9.84 Å². The molecule has 2 amide bonds. The molecular weight excluding hydrogens is 442 g/mol. The Morgan fingerprint density at radius 1 is 1.17 bits per heavy atom. The minimum absolute atomic E-state index is 0.131. The summed E-state index contributed by atoms with van der Waals surface area (Å²) in [5.41, 5.74) is 1.84. The maximum Gasteiger partial charge on any atom is 0.273 e. The normalized spacial score (nSPS) is 20.4. The molecule has 0 radical (unpaired) electrons. The summed E-state index contributed by atoms with van der Waals surface area (Å²) in [4.78, 5) is 33.4. The predicted octanol–water partition coefficient (Wildman–Crippen LogP) is 3.82. The lowest BCUT2D eigenvalue weighted by Crippen LogP contribution is -2.64. The van der Waals surface area contributed by atoms with Crippen LogP contribution in [0, 0.1) is 0 Å². The molecule has 8 heteroatoms. The fourth-order valence-corrected chi connectivity index (χ4v) is 5.05. The highest BCUT2D eigenvalue weighted by atomic mass is 16.5. The third-order valence-corrected chi connectivity index (χ3v) is 7.18. The largest absolute Gasteiger partial charge is 0.497 e. The van der Waals surface area contributed by atoms with Crippen LogP contribution in [0.2, 0.25) is 0 Å². The summed E-state index contributed by atoms with van der Waals surface area (Å²) in [7, 11) is 1.62.